The quantitative estimate of drug-likeness (QED) is 0.268. The molecule has 0 spiro atoms. The Kier molecular flexibility index (Phi) is 11.1. The smallest absolute Gasteiger partial charge is 0.407 e. The Balaban J connectivity index is 1.53. The first-order valence-corrected chi connectivity index (χ1v) is 12.9. The molecule has 0 aromatic heterocycles. The van der Waals surface area contributed by atoms with E-state index in [1.54, 1.807) is 19.1 Å². The molecule has 2 aromatic carbocycles. The highest BCUT2D eigenvalue weighted by atomic mass is 16.5. The van der Waals surface area contributed by atoms with Gasteiger partial charge in [-0.25, -0.2) is 4.79 Å². The van der Waals surface area contributed by atoms with Crippen molar-refractivity contribution in [1.29, 1.82) is 0 Å². The molecule has 10 heteroatoms. The summed E-state index contributed by atoms with van der Waals surface area (Å²) in [7, 11) is 0. The fraction of sp³-hybridized carbons (Fsp3) is 0.429. The van der Waals surface area contributed by atoms with Crippen molar-refractivity contribution in [3.05, 3.63) is 65.7 Å². The highest BCUT2D eigenvalue weighted by molar-refractivity contribution is 6.02. The van der Waals surface area contributed by atoms with Crippen molar-refractivity contribution in [3.8, 4) is 0 Å². The van der Waals surface area contributed by atoms with E-state index < -0.39 is 42.6 Å². The van der Waals surface area contributed by atoms with Crippen LogP contribution in [-0.4, -0.2) is 60.8 Å². The summed E-state index contributed by atoms with van der Waals surface area (Å²) < 4.78 is 10.4. The number of fused-ring (bicyclic) bond motifs is 1. The second-order valence-corrected chi connectivity index (χ2v) is 8.99. The van der Waals surface area contributed by atoms with E-state index in [1.165, 1.54) is 4.90 Å². The average molecular weight is 526 g/mol. The molecule has 1 heterocycles. The minimum atomic E-state index is -1.12. The number of aryl methyl sites for hydroxylation is 1. The Hall–Kier alpha value is -3.92. The van der Waals surface area contributed by atoms with E-state index in [2.05, 4.69) is 10.6 Å². The van der Waals surface area contributed by atoms with Gasteiger partial charge in [-0.15, -0.1) is 0 Å². The Morgan fingerprint density at radius 2 is 1.79 bits per heavy atom. The SMILES string of the molecule is CCOC(=O)[C@H](CCCCNC(=O)OCc1ccccc1)NC1CCc2ccccc2N(CC(=O)O)C1=O. The highest BCUT2D eigenvalue weighted by Gasteiger charge is 2.34. The molecule has 2 amide bonds. The highest BCUT2D eigenvalue weighted by Crippen LogP contribution is 2.27. The Morgan fingerprint density at radius 1 is 1.05 bits per heavy atom. The number of rotatable bonds is 13. The normalized spacial score (nSPS) is 15.7. The fourth-order valence-electron chi connectivity index (χ4n) is 4.36. The lowest BCUT2D eigenvalue weighted by Gasteiger charge is -2.27. The van der Waals surface area contributed by atoms with E-state index in [1.807, 2.05) is 42.5 Å². The third-order valence-electron chi connectivity index (χ3n) is 6.22. The standard InChI is InChI=1S/C28H35N3O7/c1-2-37-27(35)23(13-8-9-17-29-28(36)38-19-20-10-4-3-5-11-20)30-22-16-15-21-12-6-7-14-24(21)31(26(22)34)18-25(32)33/h3-7,10-12,14,22-23,30H,2,8-9,13,15-19H2,1H3,(H,29,36)(H,32,33)/t22?,23-/m0/s1. The molecule has 204 valence electrons. The number of carboxylic acids is 1. The molecule has 2 aromatic rings. The van der Waals surface area contributed by atoms with E-state index in [9.17, 15) is 24.3 Å². The number of esters is 1. The molecule has 3 N–H and O–H groups in total. The van der Waals surface area contributed by atoms with Crippen molar-refractivity contribution in [2.24, 2.45) is 0 Å². The van der Waals surface area contributed by atoms with Crippen molar-refractivity contribution in [2.45, 2.75) is 57.7 Å². The molecule has 0 fully saturated rings. The minimum Gasteiger partial charge on any atom is -0.480 e. The van der Waals surface area contributed by atoms with Crippen molar-refractivity contribution in [2.75, 3.05) is 24.6 Å². The van der Waals surface area contributed by atoms with Gasteiger partial charge >= 0.3 is 18.0 Å². The lowest BCUT2D eigenvalue weighted by molar-refractivity contribution is -0.146. The molecule has 0 bridgehead atoms. The molecule has 2 atom stereocenters. The summed E-state index contributed by atoms with van der Waals surface area (Å²) in [5, 5.41) is 15.2. The van der Waals surface area contributed by atoms with Crippen LogP contribution in [0.1, 0.15) is 43.7 Å². The predicted octanol–water partition coefficient (Wildman–Crippen LogP) is 3.04. The third kappa shape index (κ3) is 8.58. The van der Waals surface area contributed by atoms with Crippen LogP contribution in [-0.2, 0) is 36.9 Å². The molecule has 10 nitrogen and oxygen atoms in total. The van der Waals surface area contributed by atoms with Crippen LogP contribution in [0.3, 0.4) is 0 Å². The van der Waals surface area contributed by atoms with Crippen molar-refractivity contribution < 1.29 is 33.8 Å². The van der Waals surface area contributed by atoms with Gasteiger partial charge < -0.3 is 19.9 Å². The summed E-state index contributed by atoms with van der Waals surface area (Å²) >= 11 is 0. The van der Waals surface area contributed by atoms with Gasteiger partial charge in [0.15, 0.2) is 0 Å². The molecule has 38 heavy (non-hydrogen) atoms. The van der Waals surface area contributed by atoms with Gasteiger partial charge in [-0.3, -0.25) is 24.6 Å². The van der Waals surface area contributed by atoms with Crippen LogP contribution in [0.2, 0.25) is 0 Å². The van der Waals surface area contributed by atoms with Crippen molar-refractivity contribution in [1.82, 2.24) is 10.6 Å². The van der Waals surface area contributed by atoms with Crippen LogP contribution < -0.4 is 15.5 Å². The molecule has 0 radical (unpaired) electrons. The van der Waals surface area contributed by atoms with Crippen LogP contribution in [0.15, 0.2) is 54.6 Å². The lowest BCUT2D eigenvalue weighted by Crippen LogP contribution is -2.53. The van der Waals surface area contributed by atoms with Gasteiger partial charge in [-0.2, -0.15) is 0 Å². The van der Waals surface area contributed by atoms with Crippen LogP contribution in [0.4, 0.5) is 10.5 Å². The van der Waals surface area contributed by atoms with Crippen molar-refractivity contribution in [3.63, 3.8) is 0 Å². The van der Waals surface area contributed by atoms with Gasteiger partial charge in [0.25, 0.3) is 0 Å². The summed E-state index contributed by atoms with van der Waals surface area (Å²) in [4.78, 5) is 50.7. The van der Waals surface area contributed by atoms with Crippen LogP contribution in [0.5, 0.6) is 0 Å². The molecule has 1 aliphatic heterocycles. The van der Waals surface area contributed by atoms with Gasteiger partial charge in [0.05, 0.1) is 12.6 Å². The Labute approximate surface area is 222 Å². The number of carbonyl (C=O) groups excluding carboxylic acids is 3. The monoisotopic (exact) mass is 525 g/mol. The van der Waals surface area contributed by atoms with Gasteiger partial charge in [0.1, 0.15) is 19.2 Å². The number of benzene rings is 2. The number of amides is 2. The first-order chi connectivity index (χ1) is 18.4. The number of alkyl carbamates (subject to hydrolysis) is 1. The number of unbranched alkanes of at least 4 members (excludes halogenated alkanes) is 1. The molecule has 0 saturated carbocycles. The first-order valence-electron chi connectivity index (χ1n) is 12.9. The van der Waals surface area contributed by atoms with Gasteiger partial charge in [-0.1, -0.05) is 48.5 Å². The summed E-state index contributed by atoms with van der Waals surface area (Å²) in [6.07, 6.45) is 2.01. The number of nitrogens with zero attached hydrogens (tertiary/aromatic N) is 1. The molecule has 3 rings (SSSR count). The topological polar surface area (TPSA) is 134 Å². The molecule has 0 saturated heterocycles. The number of aliphatic carboxylic acids is 1. The predicted molar refractivity (Wildman–Crippen MR) is 141 cm³/mol. The number of hydrogen-bond donors (Lipinski definition) is 3. The summed E-state index contributed by atoms with van der Waals surface area (Å²) in [6, 6.07) is 15.1. The van der Waals surface area contributed by atoms with Gasteiger partial charge in [-0.05, 0) is 56.2 Å². The van der Waals surface area contributed by atoms with Crippen LogP contribution in [0, 0.1) is 0 Å². The second kappa shape index (κ2) is 14.7. The zero-order valence-electron chi connectivity index (χ0n) is 21.6. The molecule has 1 unspecified atom stereocenters. The maximum absolute atomic E-state index is 13.4. The van der Waals surface area contributed by atoms with Gasteiger partial charge in [0.2, 0.25) is 5.91 Å². The molecular formula is C28H35N3O7. The number of anilines is 1. The molecule has 0 aliphatic carbocycles. The second-order valence-electron chi connectivity index (χ2n) is 8.99. The minimum absolute atomic E-state index is 0.180. The number of para-hydroxylation sites is 1. The number of carbonyl (C=O) groups is 4. The lowest BCUT2D eigenvalue weighted by atomic mass is 10.0. The first kappa shape index (κ1) is 28.6. The number of hydrogen-bond acceptors (Lipinski definition) is 7. The van der Waals surface area contributed by atoms with Crippen LogP contribution >= 0.6 is 0 Å². The average Bonchev–Trinajstić information content (AvgIpc) is 3.03. The summed E-state index contributed by atoms with van der Waals surface area (Å²) in [6.45, 7) is 1.99. The maximum Gasteiger partial charge on any atom is 0.407 e. The molecule has 1 aliphatic rings. The van der Waals surface area contributed by atoms with E-state index in [0.29, 0.717) is 44.3 Å². The third-order valence-corrected chi connectivity index (χ3v) is 6.22. The maximum atomic E-state index is 13.4. The van der Waals surface area contributed by atoms with E-state index in [-0.39, 0.29) is 13.2 Å². The number of carboxylic acid groups (broad SMARTS) is 1. The Bertz CT molecular complexity index is 1090. The summed E-state index contributed by atoms with van der Waals surface area (Å²) in [5.74, 6) is -1.98. The zero-order chi connectivity index (χ0) is 27.3. The largest absolute Gasteiger partial charge is 0.480 e. The van der Waals surface area contributed by atoms with Crippen LogP contribution in [0.25, 0.3) is 0 Å². The van der Waals surface area contributed by atoms with Crippen molar-refractivity contribution >= 4 is 29.6 Å². The fourth-order valence-corrected chi connectivity index (χ4v) is 4.36. The summed E-state index contributed by atoms with van der Waals surface area (Å²) in [5.41, 5.74) is 2.34. The van der Waals surface area contributed by atoms with E-state index in [0.717, 1.165) is 11.1 Å². The number of ether oxygens (including phenoxy) is 2. The Morgan fingerprint density at radius 3 is 2.53 bits per heavy atom. The van der Waals surface area contributed by atoms with E-state index in [4.69, 9.17) is 9.47 Å². The van der Waals surface area contributed by atoms with E-state index >= 15 is 0 Å². The zero-order valence-corrected chi connectivity index (χ0v) is 21.6. The number of nitrogens with one attached hydrogen (secondary N) is 2. The molecular weight excluding hydrogens is 490 g/mol. The van der Waals surface area contributed by atoms with Gasteiger partial charge in [0, 0.05) is 12.2 Å².